The summed E-state index contributed by atoms with van der Waals surface area (Å²) >= 11 is 3.13. The molecule has 396 valence electrons. The molecule has 0 radical (unpaired) electrons. The van der Waals surface area contributed by atoms with Gasteiger partial charge in [0.15, 0.2) is 0 Å². The zero-order chi connectivity index (χ0) is 52.1. The maximum atomic E-state index is 14.1. The van der Waals surface area contributed by atoms with Crippen molar-refractivity contribution in [2.24, 2.45) is 17.1 Å². The maximum absolute atomic E-state index is 14.1. The fourth-order valence-electron chi connectivity index (χ4n) is 10.1. The number of anilines is 2. The third kappa shape index (κ3) is 16.3. The molecule has 3 fully saturated rings. The first kappa shape index (κ1) is 55.8. The van der Waals surface area contributed by atoms with Crippen LogP contribution < -0.4 is 26.6 Å². The van der Waals surface area contributed by atoms with E-state index in [2.05, 4.69) is 47.6 Å². The van der Waals surface area contributed by atoms with Gasteiger partial charge in [-0.25, -0.2) is 15.0 Å². The molecule has 73 heavy (non-hydrogen) atoms. The number of unbranched alkanes of at least 4 members (excludes halogenated alkanes) is 7. The number of hydrogen-bond acceptors (Lipinski definition) is 13. The summed E-state index contributed by atoms with van der Waals surface area (Å²) in [6.07, 6.45) is 15.4. The van der Waals surface area contributed by atoms with Crippen molar-refractivity contribution >= 4 is 58.2 Å². The van der Waals surface area contributed by atoms with E-state index in [-0.39, 0.29) is 54.1 Å². The number of benzene rings is 2. The first-order valence-corrected chi connectivity index (χ1v) is 28.4. The molecule has 2 aromatic carbocycles. The van der Waals surface area contributed by atoms with Crippen LogP contribution >= 0.6 is 23.1 Å². The third-order valence-corrected chi connectivity index (χ3v) is 16.7. The predicted octanol–water partition coefficient (Wildman–Crippen LogP) is 8.91. The van der Waals surface area contributed by atoms with Crippen molar-refractivity contribution in [2.45, 2.75) is 171 Å². The summed E-state index contributed by atoms with van der Waals surface area (Å²) in [5.41, 5.74) is 11.2. The Labute approximate surface area is 441 Å². The lowest BCUT2D eigenvalue weighted by Gasteiger charge is -2.37. The van der Waals surface area contributed by atoms with Crippen LogP contribution in [0, 0.1) is 18.3 Å². The van der Waals surface area contributed by atoms with Gasteiger partial charge in [-0.3, -0.25) is 19.2 Å². The monoisotopic (exact) mass is 1040 g/mol. The number of aryl methyl sites for hydroxylation is 1. The van der Waals surface area contributed by atoms with E-state index in [1.54, 1.807) is 11.3 Å². The van der Waals surface area contributed by atoms with Crippen LogP contribution in [0.1, 0.15) is 142 Å². The molecule has 0 saturated carbocycles. The number of aromatic nitrogens is 3. The summed E-state index contributed by atoms with van der Waals surface area (Å²) in [6, 6.07) is 14.0. The van der Waals surface area contributed by atoms with Crippen molar-refractivity contribution in [2.75, 3.05) is 49.5 Å². The smallest absolute Gasteiger partial charge is 0.246 e. The highest BCUT2D eigenvalue weighted by Gasteiger charge is 2.44. The fourth-order valence-corrected chi connectivity index (χ4v) is 11.7. The van der Waals surface area contributed by atoms with Gasteiger partial charge < -0.3 is 41.5 Å². The molecule has 3 aliphatic heterocycles. The van der Waals surface area contributed by atoms with Gasteiger partial charge in [-0.2, -0.15) is 0 Å². The van der Waals surface area contributed by atoms with E-state index < -0.39 is 23.6 Å². The SMILES string of the molecule is Cc1ncsc1-c1ccc([C@H](C)NC(=O)[C@@H]2C[C@@H](O)CN2C(=O)[C@@H](NC(=O)CCCCCCCCCCN2CCC(C(=O)Nc3cccc(Sc4cnc(N5CCC(C)(N)CC5)cn4)c3)CC2)C(C)(C)C)cc1. The zero-order valence-electron chi connectivity index (χ0n) is 44.0. The minimum absolute atomic E-state index is 0.00811. The highest BCUT2D eigenvalue weighted by molar-refractivity contribution is 7.99. The van der Waals surface area contributed by atoms with E-state index in [1.165, 1.54) is 29.5 Å². The van der Waals surface area contributed by atoms with Gasteiger partial charge in [0.2, 0.25) is 23.6 Å². The van der Waals surface area contributed by atoms with Crippen molar-refractivity contribution in [1.82, 2.24) is 35.4 Å². The van der Waals surface area contributed by atoms with Gasteiger partial charge in [-0.05, 0) is 114 Å². The fraction of sp³-hybridized carbons (Fsp3) is 0.589. The molecule has 0 unspecified atom stereocenters. The van der Waals surface area contributed by atoms with Crippen LogP contribution in [0.3, 0.4) is 0 Å². The zero-order valence-corrected chi connectivity index (χ0v) is 45.7. The van der Waals surface area contributed by atoms with E-state index in [0.29, 0.717) is 6.42 Å². The average molecular weight is 1040 g/mol. The molecule has 4 aromatic rings. The third-order valence-electron chi connectivity index (χ3n) is 14.8. The summed E-state index contributed by atoms with van der Waals surface area (Å²) in [5.74, 6) is 0.133. The Morgan fingerprint density at radius 2 is 1.56 bits per heavy atom. The molecule has 15 nitrogen and oxygen atoms in total. The molecule has 6 N–H and O–H groups in total. The van der Waals surface area contributed by atoms with Gasteiger partial charge in [0.25, 0.3) is 0 Å². The normalized spacial score (nSPS) is 19.3. The number of carbonyl (C=O) groups is 4. The Kier molecular flexibility index (Phi) is 19.9. The summed E-state index contributed by atoms with van der Waals surface area (Å²) < 4.78 is 0. The number of nitrogens with one attached hydrogen (secondary N) is 3. The number of carbonyl (C=O) groups excluding carboxylic acids is 4. The molecule has 0 aliphatic carbocycles. The largest absolute Gasteiger partial charge is 0.391 e. The van der Waals surface area contributed by atoms with Crippen molar-refractivity contribution in [3.05, 3.63) is 77.7 Å². The molecule has 17 heteroatoms. The number of hydrogen-bond donors (Lipinski definition) is 5. The number of rotatable bonds is 22. The summed E-state index contributed by atoms with van der Waals surface area (Å²) in [5, 5.41) is 20.7. The minimum atomic E-state index is -0.841. The van der Waals surface area contributed by atoms with Crippen LogP contribution in [-0.4, -0.2) is 116 Å². The van der Waals surface area contributed by atoms with Gasteiger partial charge in [0.1, 0.15) is 22.9 Å². The van der Waals surface area contributed by atoms with E-state index in [1.807, 2.05) is 101 Å². The van der Waals surface area contributed by atoms with Gasteiger partial charge in [-0.15, -0.1) is 11.3 Å². The number of aliphatic hydroxyl groups excluding tert-OH is 1. The van der Waals surface area contributed by atoms with Gasteiger partial charge in [0.05, 0.1) is 40.6 Å². The Bertz CT molecular complexity index is 2430. The molecular formula is C56H80N10O5S2. The van der Waals surface area contributed by atoms with E-state index in [9.17, 15) is 24.3 Å². The van der Waals surface area contributed by atoms with Gasteiger partial charge >= 0.3 is 0 Å². The molecule has 7 rings (SSSR count). The predicted molar refractivity (Wildman–Crippen MR) is 292 cm³/mol. The maximum Gasteiger partial charge on any atom is 0.246 e. The van der Waals surface area contributed by atoms with Crippen LogP contribution in [0.15, 0.2) is 76.4 Å². The quantitative estimate of drug-likeness (QED) is 0.0469. The van der Waals surface area contributed by atoms with Crippen LogP contribution in [-0.2, 0) is 19.2 Å². The van der Waals surface area contributed by atoms with Crippen LogP contribution in [0.25, 0.3) is 10.4 Å². The van der Waals surface area contributed by atoms with Crippen molar-refractivity contribution < 1.29 is 24.3 Å². The Balaban J connectivity index is 0.731. The highest BCUT2D eigenvalue weighted by atomic mass is 32.2. The Hall–Kier alpha value is -4.94. The van der Waals surface area contributed by atoms with E-state index >= 15 is 0 Å². The molecule has 0 spiro atoms. The first-order valence-electron chi connectivity index (χ1n) is 26.7. The molecule has 5 heterocycles. The van der Waals surface area contributed by atoms with Crippen molar-refractivity contribution in [3.8, 4) is 10.4 Å². The number of thiazole rings is 1. The number of piperidine rings is 2. The van der Waals surface area contributed by atoms with Crippen molar-refractivity contribution in [3.63, 3.8) is 0 Å². The second-order valence-electron chi connectivity index (χ2n) is 22.0. The molecule has 0 bridgehead atoms. The molecular weight excluding hydrogens is 957 g/mol. The minimum Gasteiger partial charge on any atom is -0.391 e. The summed E-state index contributed by atoms with van der Waals surface area (Å²) in [7, 11) is 0. The topological polar surface area (TPSA) is 199 Å². The average Bonchev–Trinajstić information content (AvgIpc) is 3.99. The number of nitrogens with two attached hydrogens (primary N) is 1. The van der Waals surface area contributed by atoms with E-state index in [4.69, 9.17) is 5.73 Å². The summed E-state index contributed by atoms with van der Waals surface area (Å²) in [4.78, 5) is 76.3. The van der Waals surface area contributed by atoms with Crippen LogP contribution in [0.4, 0.5) is 11.5 Å². The number of aliphatic hydroxyl groups is 1. The first-order chi connectivity index (χ1) is 34.9. The lowest BCUT2D eigenvalue weighted by atomic mass is 9.85. The standard InChI is InChI=1S/C56H80N10O5S2/c1-38(40-19-21-41(22-20-40)50-39(2)60-37-72-50)61-53(70)46-33-44(67)36-66(46)54(71)51(55(3,4)5)63-48(68)18-13-11-9-7-8-10-12-14-27-64-28-23-42(24-29-64)52(69)62-43-16-15-17-45(32-43)73-49-35-58-47(34-59-49)65-30-25-56(6,57)26-31-65/h15-17,19-22,32,34-35,37-38,42,44,46,51,67H,7-14,18,23-31,33,36,57H2,1-6H3,(H,61,70)(H,62,69)(H,63,68)/t38-,44+,46-,51+/m0/s1. The second kappa shape index (κ2) is 26.0. The number of amides is 4. The number of nitrogens with zero attached hydrogens (tertiary/aromatic N) is 6. The van der Waals surface area contributed by atoms with Crippen molar-refractivity contribution in [1.29, 1.82) is 0 Å². The number of β-amino-alcohol motifs (C(OH)–C–C–N with tert-alkyl or cyclic N) is 1. The lowest BCUT2D eigenvalue weighted by molar-refractivity contribution is -0.144. The highest BCUT2D eigenvalue weighted by Crippen LogP contribution is 2.32. The number of likely N-dealkylation sites (tertiary alicyclic amines) is 2. The second-order valence-corrected chi connectivity index (χ2v) is 24.0. The lowest BCUT2D eigenvalue weighted by Crippen LogP contribution is -2.57. The van der Waals surface area contributed by atoms with Crippen LogP contribution in [0.2, 0.25) is 0 Å². The summed E-state index contributed by atoms with van der Waals surface area (Å²) in [6.45, 7) is 16.5. The molecule has 3 saturated heterocycles. The molecule has 4 atom stereocenters. The van der Waals surface area contributed by atoms with E-state index in [0.717, 1.165) is 140 Å². The Morgan fingerprint density at radius 1 is 0.877 bits per heavy atom. The molecule has 3 aliphatic rings. The van der Waals surface area contributed by atoms with Gasteiger partial charge in [-0.1, -0.05) is 101 Å². The molecule has 4 amide bonds. The Morgan fingerprint density at radius 3 is 2.21 bits per heavy atom. The molecule has 2 aromatic heterocycles. The van der Waals surface area contributed by atoms with Crippen LogP contribution in [0.5, 0.6) is 0 Å². The van der Waals surface area contributed by atoms with Gasteiger partial charge in [0, 0.05) is 54.5 Å².